The van der Waals surface area contributed by atoms with Crippen molar-refractivity contribution in [2.45, 2.75) is 25.9 Å². The smallest absolute Gasteiger partial charge is 0.238 e. The Labute approximate surface area is 128 Å². The van der Waals surface area contributed by atoms with Crippen LogP contribution in [0.25, 0.3) is 0 Å². The summed E-state index contributed by atoms with van der Waals surface area (Å²) in [7, 11) is 0. The van der Waals surface area contributed by atoms with Crippen molar-refractivity contribution >= 4 is 27.5 Å². The molecule has 0 aromatic heterocycles. The van der Waals surface area contributed by atoms with Crippen LogP contribution < -0.4 is 5.32 Å². The monoisotopic (exact) mass is 340 g/mol. The molecule has 0 aliphatic carbocycles. The summed E-state index contributed by atoms with van der Waals surface area (Å²) in [4.78, 5) is 14.1. The third-order valence-corrected chi connectivity index (χ3v) is 4.34. The van der Waals surface area contributed by atoms with Crippen molar-refractivity contribution in [2.24, 2.45) is 5.92 Å². The quantitative estimate of drug-likeness (QED) is 0.885. The number of nitrogens with zero attached hydrogens (tertiary/aromatic N) is 1. The van der Waals surface area contributed by atoms with E-state index in [1.54, 1.807) is 0 Å². The maximum atomic E-state index is 12.0. The third-order valence-electron chi connectivity index (χ3n) is 3.81. The number of halogens is 1. The summed E-state index contributed by atoms with van der Waals surface area (Å²) in [6.45, 7) is 4.02. The Hall–Kier alpha value is -0.910. The molecule has 0 saturated carbocycles. The first-order valence-electron chi connectivity index (χ1n) is 7.00. The van der Waals surface area contributed by atoms with Gasteiger partial charge in [-0.15, -0.1) is 0 Å². The lowest BCUT2D eigenvalue weighted by molar-refractivity contribution is -0.117. The van der Waals surface area contributed by atoms with Gasteiger partial charge in [-0.05, 0) is 63.0 Å². The van der Waals surface area contributed by atoms with Gasteiger partial charge in [0.05, 0.1) is 12.6 Å². The Morgan fingerprint density at radius 2 is 2.00 bits per heavy atom. The molecule has 1 aromatic carbocycles. The molecule has 0 bridgehead atoms. The molecule has 0 radical (unpaired) electrons. The van der Waals surface area contributed by atoms with Crippen LogP contribution in [0.15, 0.2) is 28.7 Å². The number of carbonyl (C=O) groups excluding carboxylic acids is 1. The molecule has 20 heavy (non-hydrogen) atoms. The number of likely N-dealkylation sites (tertiary alicyclic amines) is 1. The molecule has 2 N–H and O–H groups in total. The molecular formula is C15H21BrN2O2. The van der Waals surface area contributed by atoms with Crippen molar-refractivity contribution in [2.75, 3.05) is 25.0 Å². The molecule has 1 amide bonds. The molecule has 1 fully saturated rings. The lowest BCUT2D eigenvalue weighted by atomic mass is 9.92. The largest absolute Gasteiger partial charge is 0.393 e. The predicted molar refractivity (Wildman–Crippen MR) is 83.6 cm³/mol. The normalized spacial score (nSPS) is 18.8. The van der Waals surface area contributed by atoms with Crippen molar-refractivity contribution < 1.29 is 9.90 Å². The van der Waals surface area contributed by atoms with Gasteiger partial charge in [0.15, 0.2) is 0 Å². The summed E-state index contributed by atoms with van der Waals surface area (Å²) in [6, 6.07) is 7.57. The molecule has 1 saturated heterocycles. The Morgan fingerprint density at radius 1 is 1.40 bits per heavy atom. The highest BCUT2D eigenvalue weighted by atomic mass is 79.9. The second kappa shape index (κ2) is 7.20. The summed E-state index contributed by atoms with van der Waals surface area (Å²) in [5.74, 6) is 0.392. The molecule has 110 valence electrons. The van der Waals surface area contributed by atoms with E-state index >= 15 is 0 Å². The highest BCUT2D eigenvalue weighted by molar-refractivity contribution is 9.10. The van der Waals surface area contributed by atoms with Gasteiger partial charge in [0.1, 0.15) is 0 Å². The van der Waals surface area contributed by atoms with Crippen LogP contribution in [0, 0.1) is 5.92 Å². The summed E-state index contributed by atoms with van der Waals surface area (Å²) >= 11 is 3.37. The highest BCUT2D eigenvalue weighted by Gasteiger charge is 2.23. The number of carbonyl (C=O) groups is 1. The van der Waals surface area contributed by atoms with E-state index < -0.39 is 0 Å². The van der Waals surface area contributed by atoms with Gasteiger partial charge in [0.25, 0.3) is 0 Å². The topological polar surface area (TPSA) is 52.6 Å². The predicted octanol–water partition coefficient (Wildman–Crippen LogP) is 2.48. The maximum absolute atomic E-state index is 12.0. The Balaban J connectivity index is 1.77. The Kier molecular flexibility index (Phi) is 5.57. The van der Waals surface area contributed by atoms with Crippen LogP contribution in [0.4, 0.5) is 5.69 Å². The van der Waals surface area contributed by atoms with Crippen molar-refractivity contribution in [1.82, 2.24) is 4.90 Å². The lowest BCUT2D eigenvalue weighted by Gasteiger charge is -2.32. The molecule has 2 rings (SSSR count). The Bertz CT molecular complexity index is 440. The highest BCUT2D eigenvalue weighted by Crippen LogP contribution is 2.20. The van der Waals surface area contributed by atoms with E-state index in [0.29, 0.717) is 12.5 Å². The molecule has 1 unspecified atom stereocenters. The number of nitrogens with one attached hydrogen (secondary N) is 1. The van der Waals surface area contributed by atoms with Crippen LogP contribution in [0.2, 0.25) is 0 Å². The van der Waals surface area contributed by atoms with Crippen LogP contribution in [0.5, 0.6) is 0 Å². The number of hydrogen-bond donors (Lipinski definition) is 2. The van der Waals surface area contributed by atoms with Crippen LogP contribution >= 0.6 is 15.9 Å². The van der Waals surface area contributed by atoms with Crippen molar-refractivity contribution in [3.05, 3.63) is 28.7 Å². The second-order valence-electron chi connectivity index (χ2n) is 5.41. The van der Waals surface area contributed by atoms with E-state index in [9.17, 15) is 9.90 Å². The zero-order valence-electron chi connectivity index (χ0n) is 11.7. The van der Waals surface area contributed by atoms with Gasteiger partial charge in [-0.3, -0.25) is 9.69 Å². The fourth-order valence-corrected chi connectivity index (χ4v) is 2.79. The van der Waals surface area contributed by atoms with E-state index in [-0.39, 0.29) is 12.0 Å². The van der Waals surface area contributed by atoms with Gasteiger partial charge in [-0.25, -0.2) is 0 Å². The minimum Gasteiger partial charge on any atom is -0.393 e. The van der Waals surface area contributed by atoms with Gasteiger partial charge in [0.2, 0.25) is 5.91 Å². The van der Waals surface area contributed by atoms with Crippen molar-refractivity contribution in [3.63, 3.8) is 0 Å². The van der Waals surface area contributed by atoms with Crippen LogP contribution in [-0.4, -0.2) is 41.7 Å². The Morgan fingerprint density at radius 3 is 2.55 bits per heavy atom. The van der Waals surface area contributed by atoms with E-state index in [2.05, 4.69) is 26.1 Å². The molecule has 1 aliphatic heterocycles. The van der Waals surface area contributed by atoms with Crippen LogP contribution in [-0.2, 0) is 4.79 Å². The van der Waals surface area contributed by atoms with Gasteiger partial charge in [-0.1, -0.05) is 15.9 Å². The fourth-order valence-electron chi connectivity index (χ4n) is 2.53. The van der Waals surface area contributed by atoms with Crippen molar-refractivity contribution in [1.29, 1.82) is 0 Å². The fraction of sp³-hybridized carbons (Fsp3) is 0.533. The first-order chi connectivity index (χ1) is 9.54. The minimum absolute atomic E-state index is 0.0165. The summed E-state index contributed by atoms with van der Waals surface area (Å²) in [5, 5.41) is 12.5. The molecule has 1 aromatic rings. The number of benzene rings is 1. The number of amides is 1. The summed E-state index contributed by atoms with van der Waals surface area (Å²) in [5.41, 5.74) is 0.817. The molecule has 5 heteroatoms. The zero-order valence-corrected chi connectivity index (χ0v) is 13.3. The van der Waals surface area contributed by atoms with E-state index in [1.807, 2.05) is 31.2 Å². The molecule has 0 spiro atoms. The van der Waals surface area contributed by atoms with Crippen LogP contribution in [0.1, 0.15) is 19.8 Å². The first kappa shape index (κ1) is 15.5. The number of rotatable bonds is 4. The van der Waals surface area contributed by atoms with Gasteiger partial charge < -0.3 is 10.4 Å². The van der Waals surface area contributed by atoms with Crippen molar-refractivity contribution in [3.8, 4) is 0 Å². The minimum atomic E-state index is -0.242. The zero-order chi connectivity index (χ0) is 14.5. The number of aliphatic hydroxyl groups excluding tert-OH is 1. The molecule has 4 nitrogen and oxygen atoms in total. The average Bonchev–Trinajstić information content (AvgIpc) is 2.42. The summed E-state index contributed by atoms with van der Waals surface area (Å²) < 4.78 is 0.996. The molecular weight excluding hydrogens is 320 g/mol. The lowest BCUT2D eigenvalue weighted by Crippen LogP contribution is -2.41. The van der Waals surface area contributed by atoms with E-state index in [4.69, 9.17) is 0 Å². The maximum Gasteiger partial charge on any atom is 0.238 e. The average molecular weight is 341 g/mol. The number of aliphatic hydroxyl groups is 1. The van der Waals surface area contributed by atoms with Gasteiger partial charge >= 0.3 is 0 Å². The second-order valence-corrected chi connectivity index (χ2v) is 6.32. The standard InChI is InChI=1S/C15H21BrN2O2/c1-11(19)12-6-8-18(9-7-12)10-15(20)17-14-4-2-13(16)3-5-14/h2-5,11-12,19H,6-10H2,1H3,(H,17,20). The van der Waals surface area contributed by atoms with E-state index in [1.165, 1.54) is 0 Å². The summed E-state index contributed by atoms with van der Waals surface area (Å²) in [6.07, 6.45) is 1.68. The number of hydrogen-bond acceptors (Lipinski definition) is 3. The number of anilines is 1. The molecule has 1 heterocycles. The van der Waals surface area contributed by atoms with E-state index in [0.717, 1.165) is 36.1 Å². The van der Waals surface area contributed by atoms with Gasteiger partial charge in [-0.2, -0.15) is 0 Å². The SMILES string of the molecule is CC(O)C1CCN(CC(=O)Nc2ccc(Br)cc2)CC1. The first-order valence-corrected chi connectivity index (χ1v) is 7.80. The van der Waals surface area contributed by atoms with Gasteiger partial charge in [0, 0.05) is 10.2 Å². The molecule has 1 aliphatic rings. The molecule has 1 atom stereocenters. The number of piperidine rings is 1. The van der Waals surface area contributed by atoms with Crippen LogP contribution in [0.3, 0.4) is 0 Å². The third kappa shape index (κ3) is 4.58.